The maximum atomic E-state index is 6.15. The molecule has 2 atom stereocenters. The van der Waals surface area contributed by atoms with Crippen molar-refractivity contribution in [1.82, 2.24) is 0 Å². The molecule has 2 aliphatic rings. The molecule has 0 aromatic heterocycles. The normalized spacial score (nSPS) is 27.0. The highest BCUT2D eigenvalue weighted by Gasteiger charge is 2.40. The van der Waals surface area contributed by atoms with Crippen LogP contribution in [0.3, 0.4) is 0 Å². The van der Waals surface area contributed by atoms with Crippen LogP contribution in [0.4, 0.5) is 5.69 Å². The van der Waals surface area contributed by atoms with Crippen molar-refractivity contribution in [2.45, 2.75) is 52.0 Å². The number of halogens is 1. The summed E-state index contributed by atoms with van der Waals surface area (Å²) in [4.78, 5) is 5.08. The average Bonchev–Trinajstić information content (AvgIpc) is 2.82. The lowest BCUT2D eigenvalue weighted by Gasteiger charge is -2.40. The van der Waals surface area contributed by atoms with Crippen molar-refractivity contribution in [2.24, 2.45) is 16.3 Å². The summed E-state index contributed by atoms with van der Waals surface area (Å²) < 4.78 is 0. The number of hydrogen-bond donors (Lipinski definition) is 1. The number of hydrogen-bond acceptors (Lipinski definition) is 1. The van der Waals surface area contributed by atoms with Crippen molar-refractivity contribution in [3.8, 4) is 0 Å². The molecule has 2 aromatic rings. The quantitative estimate of drug-likeness (QED) is 0.645. The number of amidine groups is 1. The minimum absolute atomic E-state index is 0.164. The van der Waals surface area contributed by atoms with Gasteiger partial charge in [-0.25, -0.2) is 0 Å². The lowest BCUT2D eigenvalue weighted by atomic mass is 9.71. The van der Waals surface area contributed by atoms with Gasteiger partial charge in [-0.1, -0.05) is 61.7 Å². The van der Waals surface area contributed by atoms with Crippen LogP contribution in [0, 0.1) is 11.3 Å². The Kier molecular flexibility index (Phi) is 5.04. The SMILES string of the molecule is CC1CCCC2(CC1)Cc1ccccc1NC2=NCc1cccc(Cl)c1. The first-order valence-electron chi connectivity index (χ1n) is 9.79. The number of rotatable bonds is 2. The Morgan fingerprint density at radius 2 is 2.00 bits per heavy atom. The van der Waals surface area contributed by atoms with Crippen LogP contribution in [0.2, 0.25) is 5.02 Å². The van der Waals surface area contributed by atoms with Crippen molar-refractivity contribution in [1.29, 1.82) is 0 Å². The first kappa shape index (κ1) is 17.6. The first-order valence-corrected chi connectivity index (χ1v) is 10.2. The topological polar surface area (TPSA) is 24.4 Å². The van der Waals surface area contributed by atoms with Gasteiger partial charge in [0.15, 0.2) is 0 Å². The van der Waals surface area contributed by atoms with Crippen LogP contribution in [0.15, 0.2) is 53.5 Å². The van der Waals surface area contributed by atoms with Crippen LogP contribution >= 0.6 is 11.6 Å². The number of nitrogens with one attached hydrogen (secondary N) is 1. The molecule has 1 aliphatic carbocycles. The van der Waals surface area contributed by atoms with Gasteiger partial charge in [-0.3, -0.25) is 4.99 Å². The van der Waals surface area contributed by atoms with Gasteiger partial charge in [-0.2, -0.15) is 0 Å². The van der Waals surface area contributed by atoms with Crippen molar-refractivity contribution in [3.63, 3.8) is 0 Å². The van der Waals surface area contributed by atoms with E-state index in [1.807, 2.05) is 18.2 Å². The summed E-state index contributed by atoms with van der Waals surface area (Å²) in [6.07, 6.45) is 7.49. The predicted molar refractivity (Wildman–Crippen MR) is 111 cm³/mol. The molecule has 4 rings (SSSR count). The molecule has 1 aliphatic heterocycles. The molecule has 2 aromatic carbocycles. The number of benzene rings is 2. The largest absolute Gasteiger partial charge is 0.343 e. The molecule has 0 saturated heterocycles. The monoisotopic (exact) mass is 366 g/mol. The third-order valence-corrected chi connectivity index (χ3v) is 6.31. The van der Waals surface area contributed by atoms with Gasteiger partial charge in [0.1, 0.15) is 5.84 Å². The lowest BCUT2D eigenvalue weighted by Crippen LogP contribution is -2.42. The minimum atomic E-state index is 0.164. The van der Waals surface area contributed by atoms with Gasteiger partial charge in [0.25, 0.3) is 0 Å². The van der Waals surface area contributed by atoms with Crippen LogP contribution in [0.1, 0.15) is 50.2 Å². The molecule has 1 spiro atoms. The molecule has 1 fully saturated rings. The van der Waals surface area contributed by atoms with Gasteiger partial charge in [-0.05, 0) is 60.9 Å². The molecular formula is C23H27ClN2. The average molecular weight is 367 g/mol. The van der Waals surface area contributed by atoms with E-state index in [1.54, 1.807) is 0 Å². The molecule has 0 radical (unpaired) electrons. The zero-order valence-corrected chi connectivity index (χ0v) is 16.2. The molecule has 136 valence electrons. The molecule has 2 nitrogen and oxygen atoms in total. The van der Waals surface area contributed by atoms with Crippen LogP contribution in [-0.2, 0) is 13.0 Å². The zero-order chi connectivity index (χ0) is 18.0. The number of anilines is 1. The lowest BCUT2D eigenvalue weighted by molar-refractivity contribution is 0.348. The minimum Gasteiger partial charge on any atom is -0.343 e. The van der Waals surface area contributed by atoms with E-state index in [0.29, 0.717) is 6.54 Å². The summed E-state index contributed by atoms with van der Waals surface area (Å²) in [6.45, 7) is 3.08. The number of nitrogens with zero attached hydrogens (tertiary/aromatic N) is 1. The van der Waals surface area contributed by atoms with Crippen LogP contribution in [-0.4, -0.2) is 5.84 Å². The van der Waals surface area contributed by atoms with E-state index >= 15 is 0 Å². The molecule has 1 heterocycles. The number of fused-ring (bicyclic) bond motifs is 1. The van der Waals surface area contributed by atoms with Crippen molar-refractivity contribution < 1.29 is 0 Å². The van der Waals surface area contributed by atoms with Gasteiger partial charge in [0, 0.05) is 16.1 Å². The number of para-hydroxylation sites is 1. The van der Waals surface area contributed by atoms with Gasteiger partial charge in [-0.15, -0.1) is 0 Å². The highest BCUT2D eigenvalue weighted by atomic mass is 35.5. The molecule has 0 amide bonds. The highest BCUT2D eigenvalue weighted by molar-refractivity contribution is 6.30. The predicted octanol–water partition coefficient (Wildman–Crippen LogP) is 6.49. The van der Waals surface area contributed by atoms with Gasteiger partial charge in [0.05, 0.1) is 6.54 Å². The Balaban J connectivity index is 1.67. The van der Waals surface area contributed by atoms with E-state index < -0.39 is 0 Å². The van der Waals surface area contributed by atoms with Crippen LogP contribution in [0.25, 0.3) is 0 Å². The standard InChI is InChI=1S/C23H27ClN2/c1-17-6-5-12-23(13-11-17)15-19-8-2-3-10-21(19)26-22(23)25-16-18-7-4-9-20(24)14-18/h2-4,7-10,14,17H,5-6,11-13,15-16H2,1H3,(H,25,26). The summed E-state index contributed by atoms with van der Waals surface area (Å²) in [7, 11) is 0. The zero-order valence-electron chi connectivity index (χ0n) is 15.5. The Morgan fingerprint density at radius 3 is 2.88 bits per heavy atom. The van der Waals surface area contributed by atoms with E-state index in [9.17, 15) is 0 Å². The maximum absolute atomic E-state index is 6.15. The Labute approximate surface area is 161 Å². The van der Waals surface area contributed by atoms with Gasteiger partial charge in [0.2, 0.25) is 0 Å². The fourth-order valence-corrected chi connectivity index (χ4v) is 4.73. The summed E-state index contributed by atoms with van der Waals surface area (Å²) >= 11 is 6.15. The Hall–Kier alpha value is -1.80. The van der Waals surface area contributed by atoms with E-state index in [-0.39, 0.29) is 5.41 Å². The summed E-state index contributed by atoms with van der Waals surface area (Å²) in [5, 5.41) is 4.48. The van der Waals surface area contributed by atoms with E-state index in [2.05, 4.69) is 42.6 Å². The van der Waals surface area contributed by atoms with Crippen LogP contribution in [0.5, 0.6) is 0 Å². The van der Waals surface area contributed by atoms with E-state index in [4.69, 9.17) is 16.6 Å². The molecule has 0 bridgehead atoms. The summed E-state index contributed by atoms with van der Waals surface area (Å²) in [5.41, 5.74) is 3.99. The third-order valence-electron chi connectivity index (χ3n) is 6.08. The van der Waals surface area contributed by atoms with Crippen molar-refractivity contribution in [3.05, 3.63) is 64.7 Å². The second kappa shape index (κ2) is 7.44. The Morgan fingerprint density at radius 1 is 1.12 bits per heavy atom. The smallest absolute Gasteiger partial charge is 0.108 e. The van der Waals surface area contributed by atoms with Crippen LogP contribution < -0.4 is 5.32 Å². The fraction of sp³-hybridized carbons (Fsp3) is 0.435. The second-order valence-electron chi connectivity index (χ2n) is 8.07. The third kappa shape index (κ3) is 3.66. The summed E-state index contributed by atoms with van der Waals surface area (Å²) in [5.74, 6) is 2.01. The molecule has 3 heteroatoms. The first-order chi connectivity index (χ1) is 12.6. The van der Waals surface area contributed by atoms with Gasteiger partial charge < -0.3 is 5.32 Å². The molecule has 2 unspecified atom stereocenters. The molecular weight excluding hydrogens is 340 g/mol. The highest BCUT2D eigenvalue weighted by Crippen LogP contribution is 2.45. The van der Waals surface area contributed by atoms with Crippen molar-refractivity contribution >= 4 is 23.1 Å². The maximum Gasteiger partial charge on any atom is 0.108 e. The fourth-order valence-electron chi connectivity index (χ4n) is 4.51. The van der Waals surface area contributed by atoms with Crippen molar-refractivity contribution in [2.75, 3.05) is 5.32 Å². The molecule has 26 heavy (non-hydrogen) atoms. The Bertz CT molecular complexity index is 813. The van der Waals surface area contributed by atoms with E-state index in [1.165, 1.54) is 54.8 Å². The van der Waals surface area contributed by atoms with E-state index in [0.717, 1.165) is 17.4 Å². The molecule has 1 saturated carbocycles. The second-order valence-corrected chi connectivity index (χ2v) is 8.51. The van der Waals surface area contributed by atoms with Gasteiger partial charge >= 0.3 is 0 Å². The summed E-state index contributed by atoms with van der Waals surface area (Å²) in [6, 6.07) is 16.8. The number of aliphatic imine (C=N–C) groups is 1. The molecule has 1 N–H and O–H groups in total.